The number of carbonyl (C=O) groups excluding carboxylic acids is 1. The predicted octanol–water partition coefficient (Wildman–Crippen LogP) is 1.94. The second-order valence-corrected chi connectivity index (χ2v) is 5.44. The van der Waals surface area contributed by atoms with E-state index in [-0.39, 0.29) is 5.91 Å². The lowest BCUT2D eigenvalue weighted by Gasteiger charge is -2.35. The van der Waals surface area contributed by atoms with Gasteiger partial charge in [0.15, 0.2) is 0 Å². The number of nitrogens with one attached hydrogen (secondary N) is 1. The molecule has 2 aliphatic rings. The molecule has 2 aliphatic carbocycles. The van der Waals surface area contributed by atoms with Gasteiger partial charge in [-0.3, -0.25) is 9.59 Å². The highest BCUT2D eigenvalue weighted by molar-refractivity contribution is 6.02. The van der Waals surface area contributed by atoms with Gasteiger partial charge in [0.05, 0.1) is 0 Å². The number of carbonyl (C=O) groups is 2. The number of amides is 1. The second-order valence-electron chi connectivity index (χ2n) is 5.44. The van der Waals surface area contributed by atoms with Gasteiger partial charge >= 0.3 is 5.97 Å². The van der Waals surface area contributed by atoms with Crippen molar-refractivity contribution in [2.75, 3.05) is 6.54 Å². The van der Waals surface area contributed by atoms with Crippen LogP contribution in [0.4, 0.5) is 0 Å². The van der Waals surface area contributed by atoms with Gasteiger partial charge in [0.2, 0.25) is 5.91 Å². The maximum Gasteiger partial charge on any atom is 0.319 e. The molecule has 0 bridgehead atoms. The van der Waals surface area contributed by atoms with E-state index in [0.29, 0.717) is 19.4 Å². The minimum atomic E-state index is -1.10. The average Bonchev–Trinajstić information content (AvgIpc) is 2.67. The van der Waals surface area contributed by atoms with E-state index < -0.39 is 11.4 Å². The lowest BCUT2D eigenvalue weighted by Crippen LogP contribution is -2.51. The van der Waals surface area contributed by atoms with E-state index in [4.69, 9.17) is 5.11 Å². The first kappa shape index (κ1) is 12.4. The van der Waals surface area contributed by atoms with Crippen LogP contribution in [0, 0.1) is 11.3 Å². The second kappa shape index (κ2) is 5.07. The van der Waals surface area contributed by atoms with Gasteiger partial charge in [0.1, 0.15) is 5.41 Å². The Labute approximate surface area is 102 Å². The fourth-order valence-electron chi connectivity index (χ4n) is 2.93. The van der Waals surface area contributed by atoms with Crippen molar-refractivity contribution in [1.29, 1.82) is 0 Å². The third kappa shape index (κ3) is 2.45. The maximum absolute atomic E-state index is 11.9. The maximum atomic E-state index is 11.9. The zero-order valence-corrected chi connectivity index (χ0v) is 10.2. The Hall–Kier alpha value is -1.06. The van der Waals surface area contributed by atoms with Crippen LogP contribution in [0.1, 0.15) is 51.4 Å². The van der Waals surface area contributed by atoms with Gasteiger partial charge in [-0.1, -0.05) is 32.1 Å². The van der Waals surface area contributed by atoms with Crippen molar-refractivity contribution < 1.29 is 14.7 Å². The van der Waals surface area contributed by atoms with Crippen molar-refractivity contribution in [3.05, 3.63) is 0 Å². The molecule has 0 heterocycles. The molecule has 0 saturated heterocycles. The fraction of sp³-hybridized carbons (Fsp3) is 0.846. The van der Waals surface area contributed by atoms with E-state index in [1.165, 1.54) is 25.7 Å². The van der Waals surface area contributed by atoms with Crippen molar-refractivity contribution in [3.8, 4) is 0 Å². The van der Waals surface area contributed by atoms with Gasteiger partial charge in [0.25, 0.3) is 0 Å². The molecule has 0 radical (unpaired) electrons. The van der Waals surface area contributed by atoms with Gasteiger partial charge < -0.3 is 10.4 Å². The highest BCUT2D eigenvalue weighted by Crippen LogP contribution is 2.41. The molecule has 17 heavy (non-hydrogen) atoms. The summed E-state index contributed by atoms with van der Waals surface area (Å²) in [7, 11) is 0. The van der Waals surface area contributed by atoms with Crippen molar-refractivity contribution >= 4 is 11.9 Å². The minimum Gasteiger partial charge on any atom is -0.480 e. The number of carboxylic acids is 1. The molecule has 2 rings (SSSR count). The molecule has 4 heteroatoms. The van der Waals surface area contributed by atoms with Gasteiger partial charge in [-0.05, 0) is 25.2 Å². The van der Waals surface area contributed by atoms with E-state index in [2.05, 4.69) is 5.32 Å². The molecule has 0 unspecified atom stereocenters. The molecule has 0 aliphatic heterocycles. The zero-order valence-electron chi connectivity index (χ0n) is 10.2. The number of hydrogen-bond donors (Lipinski definition) is 2. The van der Waals surface area contributed by atoms with Crippen molar-refractivity contribution in [2.24, 2.45) is 11.3 Å². The van der Waals surface area contributed by atoms with E-state index in [1.54, 1.807) is 0 Å². The normalized spacial score (nSPS) is 23.1. The van der Waals surface area contributed by atoms with Crippen LogP contribution in [0.15, 0.2) is 0 Å². The molecular weight excluding hydrogens is 218 g/mol. The monoisotopic (exact) mass is 239 g/mol. The van der Waals surface area contributed by atoms with E-state index in [1.807, 2.05) is 0 Å². The first-order valence-corrected chi connectivity index (χ1v) is 6.67. The number of carboxylic acid groups (broad SMARTS) is 1. The highest BCUT2D eigenvalue weighted by Gasteiger charge is 2.50. The number of hydrogen-bond acceptors (Lipinski definition) is 2. The molecule has 1 amide bonds. The molecule has 2 N–H and O–H groups in total. The molecule has 4 nitrogen and oxygen atoms in total. The Morgan fingerprint density at radius 1 is 1.18 bits per heavy atom. The summed E-state index contributed by atoms with van der Waals surface area (Å²) >= 11 is 0. The first-order chi connectivity index (χ1) is 8.15. The zero-order chi connectivity index (χ0) is 12.3. The van der Waals surface area contributed by atoms with Crippen molar-refractivity contribution in [3.63, 3.8) is 0 Å². The highest BCUT2D eigenvalue weighted by atomic mass is 16.4. The summed E-state index contributed by atoms with van der Waals surface area (Å²) in [5.74, 6) is -0.492. The Bertz CT molecular complexity index is 304. The van der Waals surface area contributed by atoms with E-state index >= 15 is 0 Å². The third-order valence-electron chi connectivity index (χ3n) is 4.36. The van der Waals surface area contributed by atoms with Crippen LogP contribution in [-0.4, -0.2) is 23.5 Å². The smallest absolute Gasteiger partial charge is 0.319 e. The predicted molar refractivity (Wildman–Crippen MR) is 63.5 cm³/mol. The standard InChI is InChI=1S/C13H21NO3/c15-11(13(12(16)17)7-3-8-13)14-9-6-10-4-1-2-5-10/h10H,1-9H2,(H,14,15)(H,16,17). The van der Waals surface area contributed by atoms with Gasteiger partial charge in [0, 0.05) is 6.54 Å². The molecule has 0 aromatic carbocycles. The van der Waals surface area contributed by atoms with Gasteiger partial charge in [-0.15, -0.1) is 0 Å². The molecule has 0 atom stereocenters. The number of aliphatic carboxylic acids is 1. The molecule has 0 aromatic rings. The molecule has 96 valence electrons. The first-order valence-electron chi connectivity index (χ1n) is 6.67. The summed E-state index contributed by atoms with van der Waals surface area (Å²) in [4.78, 5) is 23.0. The van der Waals surface area contributed by atoms with E-state index in [0.717, 1.165) is 18.8 Å². The van der Waals surface area contributed by atoms with Crippen LogP contribution in [0.3, 0.4) is 0 Å². The van der Waals surface area contributed by atoms with Crippen LogP contribution in [0.25, 0.3) is 0 Å². The van der Waals surface area contributed by atoms with Crippen LogP contribution < -0.4 is 5.32 Å². The summed E-state index contributed by atoms with van der Waals surface area (Å²) in [5.41, 5.74) is -1.10. The SMILES string of the molecule is O=C(O)C1(C(=O)NCCC2CCCC2)CCC1. The lowest BCUT2D eigenvalue weighted by molar-refractivity contribution is -0.162. The Morgan fingerprint density at radius 2 is 1.82 bits per heavy atom. The van der Waals surface area contributed by atoms with Crippen molar-refractivity contribution in [1.82, 2.24) is 5.32 Å². The summed E-state index contributed by atoms with van der Waals surface area (Å²) in [6.45, 7) is 0.637. The third-order valence-corrected chi connectivity index (χ3v) is 4.36. The summed E-state index contributed by atoms with van der Waals surface area (Å²) in [6.07, 6.45) is 7.98. The van der Waals surface area contributed by atoms with E-state index in [9.17, 15) is 9.59 Å². The fourth-order valence-corrected chi connectivity index (χ4v) is 2.93. The van der Waals surface area contributed by atoms with Crippen LogP contribution in [-0.2, 0) is 9.59 Å². The Balaban J connectivity index is 1.74. The quantitative estimate of drug-likeness (QED) is 0.720. The van der Waals surface area contributed by atoms with Crippen LogP contribution >= 0.6 is 0 Å². The lowest BCUT2D eigenvalue weighted by atomic mass is 9.68. The topological polar surface area (TPSA) is 66.4 Å². The molecular formula is C13H21NO3. The average molecular weight is 239 g/mol. The van der Waals surface area contributed by atoms with Crippen LogP contribution in [0.5, 0.6) is 0 Å². The summed E-state index contributed by atoms with van der Waals surface area (Å²) < 4.78 is 0. The molecule has 0 spiro atoms. The molecule has 2 fully saturated rings. The largest absolute Gasteiger partial charge is 0.480 e. The van der Waals surface area contributed by atoms with Crippen molar-refractivity contribution in [2.45, 2.75) is 51.4 Å². The van der Waals surface area contributed by atoms with Gasteiger partial charge in [-0.25, -0.2) is 0 Å². The molecule has 2 saturated carbocycles. The minimum absolute atomic E-state index is 0.269. The Morgan fingerprint density at radius 3 is 2.29 bits per heavy atom. The summed E-state index contributed by atoms with van der Waals surface area (Å²) in [5, 5.41) is 11.9. The van der Waals surface area contributed by atoms with Gasteiger partial charge in [-0.2, -0.15) is 0 Å². The Kier molecular flexibility index (Phi) is 3.69. The molecule has 0 aromatic heterocycles. The summed E-state index contributed by atoms with van der Waals surface area (Å²) in [6, 6.07) is 0. The van der Waals surface area contributed by atoms with Crippen LogP contribution in [0.2, 0.25) is 0 Å². The number of rotatable bonds is 5.